The third-order valence-electron chi connectivity index (χ3n) is 14.4. The van der Waals surface area contributed by atoms with Crippen LogP contribution in [0.2, 0.25) is 0 Å². The summed E-state index contributed by atoms with van der Waals surface area (Å²) in [5.74, 6) is -1.98. The Balaban J connectivity index is 1.09. The van der Waals surface area contributed by atoms with Crippen molar-refractivity contribution in [1.82, 2.24) is 21.3 Å². The number of amides is 4. The van der Waals surface area contributed by atoms with Gasteiger partial charge in [0.15, 0.2) is 18.9 Å². The van der Waals surface area contributed by atoms with Crippen molar-refractivity contribution in [2.24, 2.45) is 11.8 Å². The second-order valence-corrected chi connectivity index (χ2v) is 20.1. The molecule has 4 amide bonds. The molecule has 20 atom stereocenters. The SMILES string of the molecule is CC[C@@H]1O[C@H](O[C@H]2[C@@H](O)[C@H](O[C@@H]3[C@@H](O)[C@H](NC(=O)[C@@H](C)CCNC(=O)OCc4ccccc4)C[C@H](C)[C@H]3O[C@H]3O[C@H](CO)[C@@H](O)[C@H](O)[C@H]3NC(=O)OCc3ccccc3)O[C@@H]2CO)[C@H](NC(=O)OCc2ccccc2)[C@@H](O)[C@@H]1O. The molecule has 4 fully saturated rings. The van der Waals surface area contributed by atoms with Gasteiger partial charge < -0.3 is 105 Å². The molecule has 79 heavy (non-hydrogen) atoms. The number of benzene rings is 3. The van der Waals surface area contributed by atoms with E-state index in [1.54, 1.807) is 93.6 Å². The zero-order valence-corrected chi connectivity index (χ0v) is 44.0. The minimum Gasteiger partial charge on any atom is -0.445 e. The molecule has 25 nitrogen and oxygen atoms in total. The molecule has 0 spiro atoms. The number of carbonyl (C=O) groups excluding carboxylic acids is 4. The van der Waals surface area contributed by atoms with E-state index in [4.69, 9.17) is 42.6 Å². The first-order chi connectivity index (χ1) is 38.0. The molecule has 7 rings (SSSR count). The van der Waals surface area contributed by atoms with Gasteiger partial charge in [0, 0.05) is 12.5 Å². The van der Waals surface area contributed by atoms with Gasteiger partial charge in [0.2, 0.25) is 5.91 Å². The third-order valence-corrected chi connectivity index (χ3v) is 14.4. The summed E-state index contributed by atoms with van der Waals surface area (Å²) in [6, 6.07) is 22.3. The van der Waals surface area contributed by atoms with E-state index >= 15 is 0 Å². The van der Waals surface area contributed by atoms with Crippen molar-refractivity contribution in [3.05, 3.63) is 108 Å². The Morgan fingerprint density at radius 3 is 1.48 bits per heavy atom. The number of carbonyl (C=O) groups is 4. The fourth-order valence-corrected chi connectivity index (χ4v) is 9.85. The van der Waals surface area contributed by atoms with E-state index in [0.717, 1.165) is 5.56 Å². The number of hydrogen-bond acceptors (Lipinski definition) is 21. The van der Waals surface area contributed by atoms with E-state index in [1.807, 2.05) is 18.2 Å². The van der Waals surface area contributed by atoms with Crippen LogP contribution in [0.15, 0.2) is 91.0 Å². The highest BCUT2D eigenvalue weighted by Gasteiger charge is 2.56. The average molecular weight is 1120 g/mol. The highest BCUT2D eigenvalue weighted by Crippen LogP contribution is 2.38. The van der Waals surface area contributed by atoms with E-state index in [-0.39, 0.29) is 45.6 Å². The number of hydrogen-bond donors (Lipinski definition) is 12. The molecular formula is C54H74N4O21. The number of rotatable bonds is 22. The number of aliphatic hydroxyl groups excluding tert-OH is 8. The Labute approximate surface area is 456 Å². The zero-order chi connectivity index (χ0) is 56.8. The van der Waals surface area contributed by atoms with Gasteiger partial charge in [0.25, 0.3) is 0 Å². The van der Waals surface area contributed by atoms with Crippen molar-refractivity contribution in [2.75, 3.05) is 19.8 Å². The first kappa shape index (κ1) is 61.0. The summed E-state index contributed by atoms with van der Waals surface area (Å²) in [6.45, 7) is 3.12. The molecule has 3 saturated heterocycles. The molecule has 1 aliphatic carbocycles. The van der Waals surface area contributed by atoms with Gasteiger partial charge in [-0.05, 0) is 41.9 Å². The predicted molar refractivity (Wildman–Crippen MR) is 272 cm³/mol. The van der Waals surface area contributed by atoms with Crippen LogP contribution in [0, 0.1) is 11.8 Å². The molecule has 0 radical (unpaired) electrons. The zero-order valence-electron chi connectivity index (χ0n) is 44.0. The number of aliphatic hydroxyl groups is 8. The molecule has 0 unspecified atom stereocenters. The molecule has 1 saturated carbocycles. The van der Waals surface area contributed by atoms with E-state index in [0.29, 0.717) is 11.1 Å². The lowest BCUT2D eigenvalue weighted by atomic mass is 9.79. The summed E-state index contributed by atoms with van der Waals surface area (Å²) in [6.07, 6.45) is -26.2. The van der Waals surface area contributed by atoms with E-state index in [9.17, 15) is 60.0 Å². The maximum Gasteiger partial charge on any atom is 0.407 e. The average Bonchev–Trinajstić information content (AvgIpc) is 3.81. The first-order valence-electron chi connectivity index (χ1n) is 26.4. The minimum atomic E-state index is -1.85. The van der Waals surface area contributed by atoms with Crippen molar-refractivity contribution < 1.29 is 103 Å². The molecule has 3 aromatic carbocycles. The highest BCUT2D eigenvalue weighted by atomic mass is 16.8. The summed E-state index contributed by atoms with van der Waals surface area (Å²) >= 11 is 0. The predicted octanol–water partition coefficient (Wildman–Crippen LogP) is -0.0561. The van der Waals surface area contributed by atoms with Crippen LogP contribution < -0.4 is 21.3 Å². The molecule has 4 aliphatic rings. The fraction of sp³-hybridized carbons (Fsp3) is 0.593. The van der Waals surface area contributed by atoms with Crippen LogP contribution in [0.4, 0.5) is 14.4 Å². The van der Waals surface area contributed by atoms with Crippen LogP contribution in [0.25, 0.3) is 0 Å². The van der Waals surface area contributed by atoms with Crippen molar-refractivity contribution >= 4 is 24.2 Å². The van der Waals surface area contributed by atoms with Gasteiger partial charge in [-0.2, -0.15) is 0 Å². The molecule has 0 bridgehead atoms. The van der Waals surface area contributed by atoms with Gasteiger partial charge in [0.1, 0.15) is 92.9 Å². The third kappa shape index (κ3) is 16.1. The molecule has 25 heteroatoms. The second kappa shape index (κ2) is 29.2. The monoisotopic (exact) mass is 1110 g/mol. The number of nitrogens with one attached hydrogen (secondary N) is 4. The van der Waals surface area contributed by atoms with Crippen LogP contribution >= 0.6 is 0 Å². The summed E-state index contributed by atoms with van der Waals surface area (Å²) in [5, 5.41) is 100. The Bertz CT molecular complexity index is 2370. The summed E-state index contributed by atoms with van der Waals surface area (Å²) < 4.78 is 53.2. The van der Waals surface area contributed by atoms with Gasteiger partial charge in [-0.15, -0.1) is 0 Å². The van der Waals surface area contributed by atoms with Crippen LogP contribution in [0.5, 0.6) is 0 Å². The Hall–Kier alpha value is -5.62. The van der Waals surface area contributed by atoms with Crippen LogP contribution in [0.3, 0.4) is 0 Å². The molecule has 3 aromatic rings. The van der Waals surface area contributed by atoms with Gasteiger partial charge >= 0.3 is 18.3 Å². The van der Waals surface area contributed by atoms with E-state index in [1.165, 1.54) is 0 Å². The smallest absolute Gasteiger partial charge is 0.407 e. The van der Waals surface area contributed by atoms with Crippen molar-refractivity contribution in [2.45, 2.75) is 170 Å². The van der Waals surface area contributed by atoms with E-state index < -0.39 is 159 Å². The lowest BCUT2D eigenvalue weighted by Gasteiger charge is -2.48. The van der Waals surface area contributed by atoms with Gasteiger partial charge in [0.05, 0.1) is 31.5 Å². The van der Waals surface area contributed by atoms with Crippen molar-refractivity contribution in [1.29, 1.82) is 0 Å². The van der Waals surface area contributed by atoms with Crippen molar-refractivity contribution in [3.8, 4) is 0 Å². The normalized spacial score (nSPS) is 33.9. The molecule has 12 N–H and O–H groups in total. The number of ether oxygens (including phenoxy) is 9. The Morgan fingerprint density at radius 1 is 0.544 bits per heavy atom. The number of alkyl carbamates (subject to hydrolysis) is 3. The van der Waals surface area contributed by atoms with Gasteiger partial charge in [-0.3, -0.25) is 4.79 Å². The topological polar surface area (TPSA) is 361 Å². The quantitative estimate of drug-likeness (QED) is 0.0587. The fourth-order valence-electron chi connectivity index (χ4n) is 9.85. The molecule has 436 valence electrons. The van der Waals surface area contributed by atoms with Gasteiger partial charge in [-0.1, -0.05) is 112 Å². The first-order valence-corrected chi connectivity index (χ1v) is 26.4. The molecular weight excluding hydrogens is 1040 g/mol. The summed E-state index contributed by atoms with van der Waals surface area (Å²) in [7, 11) is 0. The summed E-state index contributed by atoms with van der Waals surface area (Å²) in [4.78, 5) is 52.6. The van der Waals surface area contributed by atoms with Gasteiger partial charge in [-0.25, -0.2) is 14.4 Å². The van der Waals surface area contributed by atoms with Crippen LogP contribution in [0.1, 0.15) is 56.7 Å². The maximum atomic E-state index is 13.8. The lowest BCUT2D eigenvalue weighted by molar-refractivity contribution is -0.318. The highest BCUT2D eigenvalue weighted by molar-refractivity contribution is 5.78. The molecule has 3 aliphatic heterocycles. The van der Waals surface area contributed by atoms with Crippen LogP contribution in [-0.4, -0.2) is 195 Å². The van der Waals surface area contributed by atoms with Crippen molar-refractivity contribution in [3.63, 3.8) is 0 Å². The Morgan fingerprint density at radius 2 is 0.987 bits per heavy atom. The summed E-state index contributed by atoms with van der Waals surface area (Å²) in [5.41, 5.74) is 2.08. The Kier molecular flexibility index (Phi) is 22.6. The van der Waals surface area contributed by atoms with E-state index in [2.05, 4.69) is 21.3 Å². The van der Waals surface area contributed by atoms with Crippen LogP contribution in [-0.2, 0) is 67.2 Å². The minimum absolute atomic E-state index is 0.000202. The maximum absolute atomic E-state index is 13.8. The molecule has 3 heterocycles. The largest absolute Gasteiger partial charge is 0.445 e. The standard InChI is InChI=1S/C54H74N4O21/c1-4-34-40(62)42(64)37(57-53(69)72-26-31-16-10-6-11-17-31)49(74-34)78-46-36(24-60)76-51(44(46)66)79-47-39(61)33(56-48(67)28(2)20-21-55-52(68)71-25-30-14-8-5-9-15-30)22-29(3)45(47)77-50-38(43(65)41(63)35(23-59)75-50)58-54(70)73-27-32-18-12-7-13-19-32/h5-19,28-29,33-47,49-51,59-66H,4,20-27H2,1-3H3,(H,55,68)(H,56,67)(H,57,69)(H,58,70)/t28-,29-,33+,34-,35+,36+,37+,38+,39-,40+,41+,42+,43+,44+,45+,46+,47+,49+,50+,51-/m0/s1. The molecule has 0 aromatic heterocycles. The second-order valence-electron chi connectivity index (χ2n) is 20.1. The lowest BCUT2D eigenvalue weighted by Crippen LogP contribution is -2.67.